The van der Waals surface area contributed by atoms with Crippen molar-refractivity contribution in [3.63, 3.8) is 0 Å². The third kappa shape index (κ3) is 3.11. The van der Waals surface area contributed by atoms with Crippen LogP contribution >= 0.6 is 15.9 Å². The maximum atomic E-state index is 14.1. The minimum atomic E-state index is -0.501. The molecule has 1 heterocycles. The van der Waals surface area contributed by atoms with Gasteiger partial charge in [-0.15, -0.1) is 0 Å². The van der Waals surface area contributed by atoms with Gasteiger partial charge in [-0.1, -0.05) is 6.07 Å². The number of halogens is 2. The van der Waals surface area contributed by atoms with Crippen molar-refractivity contribution in [2.75, 3.05) is 7.11 Å². The van der Waals surface area contributed by atoms with Crippen LogP contribution in [-0.2, 0) is 13.0 Å². The molecule has 0 bridgehead atoms. The molecule has 1 aromatic heterocycles. The summed E-state index contributed by atoms with van der Waals surface area (Å²) < 4.78 is 22.1. The van der Waals surface area contributed by atoms with Crippen LogP contribution in [0.1, 0.15) is 29.9 Å². The minimum absolute atomic E-state index is 0.350. The van der Waals surface area contributed by atoms with Crippen LogP contribution in [0.25, 0.3) is 0 Å². The lowest BCUT2D eigenvalue weighted by atomic mass is 10.0. The largest absolute Gasteiger partial charge is 0.496 e. The fourth-order valence-electron chi connectivity index (χ4n) is 2.43. The number of aromatic nitrogens is 2. The third-order valence-corrected chi connectivity index (χ3v) is 4.50. The fourth-order valence-corrected chi connectivity index (χ4v) is 2.88. The normalized spacial score (nSPS) is 12.5. The first kappa shape index (κ1) is 16.0. The summed E-state index contributed by atoms with van der Waals surface area (Å²) in [6.45, 7) is 4.68. The zero-order valence-electron chi connectivity index (χ0n) is 12.4. The summed E-state index contributed by atoms with van der Waals surface area (Å²) in [7, 11) is 1.52. The van der Waals surface area contributed by atoms with Gasteiger partial charge in [0.05, 0.1) is 23.0 Å². The molecule has 21 heavy (non-hydrogen) atoms. The Morgan fingerprint density at radius 1 is 1.48 bits per heavy atom. The molecule has 2 aromatic rings. The summed E-state index contributed by atoms with van der Waals surface area (Å²) in [5.41, 5.74) is 8.49. The van der Waals surface area contributed by atoms with E-state index in [1.165, 1.54) is 13.2 Å². The molecule has 1 unspecified atom stereocenters. The monoisotopic (exact) mass is 355 g/mol. The van der Waals surface area contributed by atoms with E-state index >= 15 is 0 Å². The molecule has 114 valence electrons. The van der Waals surface area contributed by atoms with Gasteiger partial charge in [-0.2, -0.15) is 5.10 Å². The molecule has 0 saturated heterocycles. The Labute approximate surface area is 132 Å². The van der Waals surface area contributed by atoms with E-state index in [1.807, 2.05) is 18.5 Å². The van der Waals surface area contributed by atoms with Gasteiger partial charge in [0, 0.05) is 24.6 Å². The summed E-state index contributed by atoms with van der Waals surface area (Å²) >= 11 is 3.53. The van der Waals surface area contributed by atoms with Crippen molar-refractivity contribution >= 4 is 15.9 Å². The Morgan fingerprint density at radius 3 is 2.81 bits per heavy atom. The van der Waals surface area contributed by atoms with E-state index in [0.29, 0.717) is 17.7 Å². The number of benzene rings is 1. The van der Waals surface area contributed by atoms with Gasteiger partial charge in [0.15, 0.2) is 0 Å². The van der Waals surface area contributed by atoms with Gasteiger partial charge in [0.2, 0.25) is 0 Å². The molecule has 2 rings (SSSR count). The van der Waals surface area contributed by atoms with Gasteiger partial charge in [0.25, 0.3) is 0 Å². The number of methoxy groups -OCH3 is 1. The molecule has 6 heteroatoms. The first-order valence-corrected chi connectivity index (χ1v) is 7.58. The molecule has 1 aromatic carbocycles. The van der Waals surface area contributed by atoms with Crippen molar-refractivity contribution in [3.05, 3.63) is 45.4 Å². The Morgan fingerprint density at radius 2 is 2.19 bits per heavy atom. The second-order valence-corrected chi connectivity index (χ2v) is 5.62. The standard InChI is InChI=1S/C15H19BrFN3O/c1-4-20-12(15(16)9(2)19-20)8-11(18)14-10(17)6-5-7-13(14)21-3/h5-7,11H,4,8,18H2,1-3H3. The van der Waals surface area contributed by atoms with Crippen LogP contribution in [-0.4, -0.2) is 16.9 Å². The predicted molar refractivity (Wildman–Crippen MR) is 83.9 cm³/mol. The summed E-state index contributed by atoms with van der Waals surface area (Å²) in [4.78, 5) is 0. The second kappa shape index (κ2) is 6.58. The summed E-state index contributed by atoms with van der Waals surface area (Å²) in [5, 5.41) is 4.43. The molecular weight excluding hydrogens is 337 g/mol. The van der Waals surface area contributed by atoms with Gasteiger partial charge in [-0.25, -0.2) is 4.39 Å². The lowest BCUT2D eigenvalue weighted by Crippen LogP contribution is -2.18. The first-order valence-electron chi connectivity index (χ1n) is 6.79. The summed E-state index contributed by atoms with van der Waals surface area (Å²) in [5.74, 6) is 0.121. The topological polar surface area (TPSA) is 53.1 Å². The van der Waals surface area contributed by atoms with Crippen molar-refractivity contribution in [2.24, 2.45) is 5.73 Å². The van der Waals surface area contributed by atoms with Crippen LogP contribution < -0.4 is 10.5 Å². The maximum Gasteiger partial charge on any atom is 0.131 e. The molecular formula is C15H19BrFN3O. The number of hydrogen-bond donors (Lipinski definition) is 1. The lowest BCUT2D eigenvalue weighted by Gasteiger charge is -2.17. The van der Waals surface area contributed by atoms with E-state index in [-0.39, 0.29) is 5.82 Å². The molecule has 0 aliphatic carbocycles. The van der Waals surface area contributed by atoms with Crippen LogP contribution in [0.3, 0.4) is 0 Å². The molecule has 0 aliphatic heterocycles. The van der Waals surface area contributed by atoms with Gasteiger partial charge in [-0.3, -0.25) is 4.68 Å². The van der Waals surface area contributed by atoms with Crippen molar-refractivity contribution in [1.29, 1.82) is 0 Å². The number of rotatable bonds is 5. The highest BCUT2D eigenvalue weighted by molar-refractivity contribution is 9.10. The van der Waals surface area contributed by atoms with Gasteiger partial charge >= 0.3 is 0 Å². The quantitative estimate of drug-likeness (QED) is 0.894. The highest BCUT2D eigenvalue weighted by Crippen LogP contribution is 2.31. The molecule has 0 fully saturated rings. The Balaban J connectivity index is 2.37. The zero-order chi connectivity index (χ0) is 15.6. The van der Waals surface area contributed by atoms with E-state index in [2.05, 4.69) is 21.0 Å². The number of aryl methyl sites for hydroxylation is 2. The van der Waals surface area contributed by atoms with Gasteiger partial charge in [0.1, 0.15) is 11.6 Å². The van der Waals surface area contributed by atoms with E-state index in [0.717, 1.165) is 22.4 Å². The van der Waals surface area contributed by atoms with Gasteiger partial charge in [-0.05, 0) is 41.9 Å². The van der Waals surface area contributed by atoms with E-state index in [1.54, 1.807) is 12.1 Å². The van der Waals surface area contributed by atoms with Crippen LogP contribution in [0, 0.1) is 12.7 Å². The van der Waals surface area contributed by atoms with Crippen LogP contribution in [0.4, 0.5) is 4.39 Å². The SMILES string of the molecule is CCn1nc(C)c(Br)c1CC(N)c1c(F)cccc1OC. The molecule has 0 radical (unpaired) electrons. The van der Waals surface area contributed by atoms with E-state index < -0.39 is 6.04 Å². The second-order valence-electron chi connectivity index (χ2n) is 4.83. The van der Waals surface area contributed by atoms with E-state index in [9.17, 15) is 4.39 Å². The highest BCUT2D eigenvalue weighted by Gasteiger charge is 2.21. The molecule has 0 saturated carbocycles. The first-order chi connectivity index (χ1) is 9.99. The molecule has 0 aliphatic rings. The van der Waals surface area contributed by atoms with Crippen molar-refractivity contribution < 1.29 is 9.13 Å². The smallest absolute Gasteiger partial charge is 0.131 e. The molecule has 0 amide bonds. The van der Waals surface area contributed by atoms with E-state index in [4.69, 9.17) is 10.5 Å². The van der Waals surface area contributed by atoms with Gasteiger partial charge < -0.3 is 10.5 Å². The fraction of sp³-hybridized carbons (Fsp3) is 0.400. The molecule has 1 atom stereocenters. The van der Waals surface area contributed by atoms with Crippen molar-refractivity contribution in [1.82, 2.24) is 9.78 Å². The molecule has 2 N–H and O–H groups in total. The lowest BCUT2D eigenvalue weighted by molar-refractivity contribution is 0.398. The Bertz CT molecular complexity index is 642. The van der Waals surface area contributed by atoms with Crippen LogP contribution in [0.5, 0.6) is 5.75 Å². The number of hydrogen-bond acceptors (Lipinski definition) is 3. The summed E-state index contributed by atoms with van der Waals surface area (Å²) in [6, 6.07) is 4.23. The Hall–Kier alpha value is -1.40. The highest BCUT2D eigenvalue weighted by atomic mass is 79.9. The number of ether oxygens (including phenoxy) is 1. The van der Waals surface area contributed by atoms with Crippen molar-refractivity contribution in [3.8, 4) is 5.75 Å². The zero-order valence-corrected chi connectivity index (χ0v) is 13.9. The Kier molecular flexibility index (Phi) is 5.00. The number of nitrogens with zero attached hydrogens (tertiary/aromatic N) is 2. The number of nitrogens with two attached hydrogens (primary N) is 1. The average Bonchev–Trinajstić information content (AvgIpc) is 2.74. The third-order valence-electron chi connectivity index (χ3n) is 3.47. The minimum Gasteiger partial charge on any atom is -0.496 e. The average molecular weight is 356 g/mol. The molecule has 0 spiro atoms. The molecule has 4 nitrogen and oxygen atoms in total. The van der Waals surface area contributed by atoms with Crippen molar-refractivity contribution in [2.45, 2.75) is 32.9 Å². The van der Waals surface area contributed by atoms with Crippen LogP contribution in [0.2, 0.25) is 0 Å². The van der Waals surface area contributed by atoms with Crippen LogP contribution in [0.15, 0.2) is 22.7 Å². The summed E-state index contributed by atoms with van der Waals surface area (Å²) in [6.07, 6.45) is 0.479. The predicted octanol–water partition coefficient (Wildman–Crippen LogP) is 3.36. The maximum absolute atomic E-state index is 14.1.